The van der Waals surface area contributed by atoms with Crippen molar-refractivity contribution in [1.29, 1.82) is 0 Å². The largest absolute Gasteiger partial charge is 0.481 e. The molecule has 3 N–H and O–H groups in total. The number of aromatic amines is 2. The van der Waals surface area contributed by atoms with Crippen molar-refractivity contribution in [1.82, 2.24) is 39.3 Å². The number of aromatic nitrogens is 6. The third kappa shape index (κ3) is 18.5. The Labute approximate surface area is 582 Å². The lowest BCUT2D eigenvalue weighted by atomic mass is 9.73. The van der Waals surface area contributed by atoms with Gasteiger partial charge in [0.05, 0.1) is 89.8 Å². The minimum atomic E-state index is -5.08. The van der Waals surface area contributed by atoms with Gasteiger partial charge in [0, 0.05) is 13.1 Å². The molecule has 2 fully saturated rings. The van der Waals surface area contributed by atoms with Gasteiger partial charge in [0.25, 0.3) is 0 Å². The Bertz CT molecular complexity index is 4220. The van der Waals surface area contributed by atoms with Crippen molar-refractivity contribution in [2.75, 3.05) is 33.4 Å². The number of rotatable bonds is 20. The van der Waals surface area contributed by atoms with Gasteiger partial charge in [-0.2, -0.15) is 62.9 Å². The van der Waals surface area contributed by atoms with Crippen LogP contribution < -0.4 is 11.4 Å². The molecule has 0 saturated carbocycles. The second kappa shape index (κ2) is 32.4. The number of likely N-dealkylation sites (tertiary alicyclic amines) is 2. The predicted molar refractivity (Wildman–Crippen MR) is 347 cm³/mol. The molecule has 0 aliphatic carbocycles. The lowest BCUT2D eigenvalue weighted by Gasteiger charge is -2.53. The first kappa shape index (κ1) is 80.1. The number of esters is 1. The highest BCUT2D eigenvalue weighted by atomic mass is 19.4. The van der Waals surface area contributed by atoms with E-state index in [1.807, 2.05) is 0 Å². The summed E-state index contributed by atoms with van der Waals surface area (Å²) >= 11 is 0. The second-order valence-electron chi connectivity index (χ2n) is 24.5. The number of carboxylic acid groups (broad SMARTS) is 1. The van der Waals surface area contributed by atoms with Gasteiger partial charge in [-0.3, -0.25) is 28.5 Å². The topological polar surface area (TPSA) is 242 Å². The van der Waals surface area contributed by atoms with Crippen LogP contribution in [0, 0.1) is 0 Å². The van der Waals surface area contributed by atoms with Crippen LogP contribution in [0.3, 0.4) is 0 Å². The summed E-state index contributed by atoms with van der Waals surface area (Å²) in [6.45, 7) is 0.602. The summed E-state index contributed by atoms with van der Waals surface area (Å²) in [5, 5.41) is 22.0. The van der Waals surface area contributed by atoms with E-state index in [2.05, 4.69) is 20.4 Å². The molecule has 4 heterocycles. The molecule has 103 heavy (non-hydrogen) atoms. The number of carboxylic acids is 1. The molecule has 0 radical (unpaired) electrons. The van der Waals surface area contributed by atoms with Crippen LogP contribution in [-0.4, -0.2) is 102 Å². The third-order valence-corrected chi connectivity index (χ3v) is 18.0. The van der Waals surface area contributed by atoms with Crippen LogP contribution in [0.1, 0.15) is 135 Å². The number of hydrogen-bond acceptors (Lipinski definition) is 13. The number of ether oxygens (including phenoxy) is 5. The quantitative estimate of drug-likeness (QED) is 0.0365. The molecule has 2 aromatic heterocycles. The van der Waals surface area contributed by atoms with E-state index in [1.54, 1.807) is 121 Å². The second-order valence-corrected chi connectivity index (χ2v) is 24.5. The molecule has 0 unspecified atom stereocenters. The Hall–Kier alpha value is -10.2. The SMILES string of the molecule is C.C.COC(=O)C[C@]1(n2cn[nH]c2=O)CC[C@@](CO[C@H](C)c2cc(C(F)(F)F)cc(C(F)(F)F)c2)(c2ccccc2)N(C(=O)OCc2ccccc2)C1.C[C@@H](OC[C@@]1(c2ccccc2)CC[C@](CC(=O)O)(n2cn[nH]c2=O)CN1C(=O)OCc1ccccc1)c1cc(C(F)(F)F)cc(C(F)(F)F)c1. The zero-order chi connectivity index (χ0) is 73.3. The molecule has 20 nitrogen and oxygen atoms in total. The third-order valence-electron chi connectivity index (χ3n) is 18.0. The van der Waals surface area contributed by atoms with Crippen molar-refractivity contribution in [2.24, 2.45) is 0 Å². The molecule has 2 amide bonds. The first-order chi connectivity index (χ1) is 47.6. The van der Waals surface area contributed by atoms with Crippen molar-refractivity contribution in [3.63, 3.8) is 0 Å². The van der Waals surface area contributed by atoms with E-state index in [0.29, 0.717) is 46.5 Å². The van der Waals surface area contributed by atoms with Gasteiger partial charge in [-0.25, -0.2) is 29.4 Å². The molecule has 8 aromatic rings. The average Bonchev–Trinajstić information content (AvgIpc) is 1.55. The van der Waals surface area contributed by atoms with E-state index in [0.717, 1.165) is 10.9 Å². The highest BCUT2D eigenvalue weighted by Gasteiger charge is 2.56. The Morgan fingerprint density at radius 3 is 1.11 bits per heavy atom. The van der Waals surface area contributed by atoms with Gasteiger partial charge < -0.3 is 28.8 Å². The molecule has 0 spiro atoms. The number of nitrogens with one attached hydrogen (secondary N) is 2. The van der Waals surface area contributed by atoms with Crippen LogP contribution >= 0.6 is 0 Å². The summed E-state index contributed by atoms with van der Waals surface area (Å²) in [6, 6.07) is 36.6. The van der Waals surface area contributed by atoms with Crippen molar-refractivity contribution in [3.05, 3.63) is 247 Å². The van der Waals surface area contributed by atoms with E-state index in [4.69, 9.17) is 23.7 Å². The molecule has 2 aliphatic rings. The van der Waals surface area contributed by atoms with Crippen molar-refractivity contribution < 1.29 is 101 Å². The van der Waals surface area contributed by atoms with Crippen molar-refractivity contribution >= 4 is 24.1 Å². The van der Waals surface area contributed by atoms with Crippen LogP contribution in [0.25, 0.3) is 0 Å². The maximum atomic E-state index is 14.3. The van der Waals surface area contributed by atoms with E-state index < -0.39 is 149 Å². The van der Waals surface area contributed by atoms with E-state index in [1.165, 1.54) is 41.7 Å². The summed E-state index contributed by atoms with van der Waals surface area (Å²) in [6.07, 6.45) is -23.5. The summed E-state index contributed by atoms with van der Waals surface area (Å²) in [5.74, 6) is -1.97. The number of aliphatic carboxylic acids is 1. The Kier molecular flexibility index (Phi) is 25.2. The summed E-state index contributed by atoms with van der Waals surface area (Å²) in [7, 11) is 1.17. The fraction of sp³-hybridized carbons (Fsp3) is 0.380. The number of alkyl halides is 12. The molecule has 10 rings (SSSR count). The monoisotopic (exact) mass is 1460 g/mol. The number of amides is 2. The van der Waals surface area contributed by atoms with Crippen LogP contribution in [-0.2, 0) is 93.3 Å². The summed E-state index contributed by atoms with van der Waals surface area (Å²) in [4.78, 5) is 81.7. The number of piperidine rings is 2. The molecular formula is C71H74F12N8O12. The predicted octanol–water partition coefficient (Wildman–Crippen LogP) is 15.1. The zero-order valence-corrected chi connectivity index (χ0v) is 54.0. The van der Waals surface area contributed by atoms with Crippen molar-refractivity contribution in [3.8, 4) is 0 Å². The number of benzene rings is 6. The molecule has 2 aliphatic heterocycles. The van der Waals surface area contributed by atoms with E-state index in [9.17, 15) is 86.6 Å². The Morgan fingerprint density at radius 2 is 0.816 bits per heavy atom. The number of H-pyrrole nitrogens is 2. The van der Waals surface area contributed by atoms with Crippen LogP contribution in [0.4, 0.5) is 62.3 Å². The maximum absolute atomic E-state index is 14.3. The number of carbonyl (C=O) groups is 4. The normalized spacial score (nSPS) is 19.8. The molecule has 6 aromatic carbocycles. The fourth-order valence-electron chi connectivity index (χ4n) is 12.6. The van der Waals surface area contributed by atoms with Crippen LogP contribution in [0.15, 0.2) is 180 Å². The van der Waals surface area contributed by atoms with Gasteiger partial charge in [0.1, 0.15) is 25.9 Å². The number of hydrogen-bond donors (Lipinski definition) is 3. The van der Waals surface area contributed by atoms with Gasteiger partial charge in [-0.05, 0) is 109 Å². The first-order valence-electron chi connectivity index (χ1n) is 31.1. The molecule has 2 saturated heterocycles. The first-order valence-corrected chi connectivity index (χ1v) is 31.1. The highest BCUT2D eigenvalue weighted by molar-refractivity contribution is 5.73. The summed E-state index contributed by atoms with van der Waals surface area (Å²) in [5.41, 5.74) is -11.9. The lowest BCUT2D eigenvalue weighted by molar-refractivity contribution is -0.146. The number of methoxy groups -OCH3 is 1. The maximum Gasteiger partial charge on any atom is 0.416 e. The Morgan fingerprint density at radius 1 is 0.495 bits per heavy atom. The van der Waals surface area contributed by atoms with Crippen molar-refractivity contribution in [2.45, 2.75) is 140 Å². The Balaban J connectivity index is 0.000000283. The van der Waals surface area contributed by atoms with Gasteiger partial charge >= 0.3 is 60.2 Å². The average molecular weight is 1460 g/mol. The number of nitrogens with zero attached hydrogens (tertiary/aromatic N) is 6. The van der Waals surface area contributed by atoms with E-state index >= 15 is 0 Å². The fourth-order valence-corrected chi connectivity index (χ4v) is 12.6. The molecule has 554 valence electrons. The van der Waals surface area contributed by atoms with E-state index in [-0.39, 0.29) is 84.4 Å². The van der Waals surface area contributed by atoms with Gasteiger partial charge in [-0.15, -0.1) is 0 Å². The zero-order valence-electron chi connectivity index (χ0n) is 54.0. The molecule has 6 atom stereocenters. The summed E-state index contributed by atoms with van der Waals surface area (Å²) < 4.78 is 195. The standard InChI is InChI=1S/C35H34F6N4O6.C34H32F6N4O6.2CH4/c1-23(25-15-27(34(36,37)38)17-28(16-25)35(39,40)41)51-21-33(26-11-7-4-8-12-26)14-13-32(18-29(46)49-2,45-22-42-43-30(45)47)20-44(33)31(48)50-19-24-9-5-3-6-10-24;1-22(24-14-26(33(35,36)37)16-27(15-24)34(38,39)40)50-20-32(25-10-6-3-7-11-25)13-12-31(17-28(45)46,44-21-41-42-29(44)47)19-43(32)30(48)49-18-23-8-4-2-5-9-23;;/h3-12,15-17,22-23H,13-14,18-21H2,1-2H3,(H,43,47);2-11,14-16,21-22H,12-13,17-20H2,1H3,(H,42,47)(H,45,46);2*1H4/t23-,32-,33-;22-,31-,32-;;/m11../s1. The molecular weight excluding hydrogens is 1380 g/mol. The van der Waals surface area contributed by atoms with Crippen LogP contribution in [0.2, 0.25) is 0 Å². The minimum Gasteiger partial charge on any atom is -0.481 e. The lowest BCUT2D eigenvalue weighted by Crippen LogP contribution is -2.64. The molecule has 0 bridgehead atoms. The number of halogens is 12. The smallest absolute Gasteiger partial charge is 0.416 e. The van der Waals surface area contributed by atoms with Gasteiger partial charge in [0.15, 0.2) is 0 Å². The number of carbonyl (C=O) groups excluding carboxylic acids is 3. The minimum absolute atomic E-state index is 0. The van der Waals surface area contributed by atoms with Gasteiger partial charge in [0.2, 0.25) is 0 Å². The highest BCUT2D eigenvalue weighted by Crippen LogP contribution is 2.49. The van der Waals surface area contributed by atoms with Gasteiger partial charge in [-0.1, -0.05) is 136 Å². The molecule has 32 heteroatoms. The van der Waals surface area contributed by atoms with Crippen LogP contribution in [0.5, 0.6) is 0 Å².